The molecule has 33 heavy (non-hydrogen) atoms. The molecule has 1 heterocycles. The van der Waals surface area contributed by atoms with Crippen molar-refractivity contribution in [1.82, 2.24) is 9.78 Å². The van der Waals surface area contributed by atoms with Gasteiger partial charge in [-0.15, -0.1) is 0 Å². The van der Waals surface area contributed by atoms with Crippen LogP contribution in [0.25, 0.3) is 11.3 Å². The molecule has 0 aliphatic rings. The Hall–Kier alpha value is -2.87. The first kappa shape index (κ1) is 24.8. The monoisotopic (exact) mass is 454 g/mol. The van der Waals surface area contributed by atoms with Crippen LogP contribution in [0.5, 0.6) is 11.5 Å². The van der Waals surface area contributed by atoms with Crippen molar-refractivity contribution in [3.8, 4) is 22.8 Å². The third kappa shape index (κ3) is 6.81. The lowest BCUT2D eigenvalue weighted by atomic mass is 10.1. The van der Waals surface area contributed by atoms with Gasteiger partial charge in [-0.2, -0.15) is 5.10 Å². The second-order valence-electron chi connectivity index (χ2n) is 9.03. The first-order valence-electron chi connectivity index (χ1n) is 11.1. The highest BCUT2D eigenvalue weighted by Gasteiger charge is 2.27. The Bertz CT molecular complexity index is 1040. The molecule has 0 atom stereocenters. The van der Waals surface area contributed by atoms with Crippen molar-refractivity contribution in [3.63, 3.8) is 0 Å². The molecule has 0 bridgehead atoms. The molecule has 7 nitrogen and oxygen atoms in total. The molecule has 0 unspecified atom stereocenters. The lowest BCUT2D eigenvalue weighted by molar-refractivity contribution is -0.197. The van der Waals surface area contributed by atoms with Gasteiger partial charge in [-0.05, 0) is 55.7 Å². The highest BCUT2D eigenvalue weighted by Crippen LogP contribution is 2.27. The summed E-state index contributed by atoms with van der Waals surface area (Å²) < 4.78 is 18.9. The van der Waals surface area contributed by atoms with Crippen LogP contribution in [0.3, 0.4) is 0 Å². The molecule has 2 N–H and O–H groups in total. The van der Waals surface area contributed by atoms with Crippen LogP contribution in [0, 0.1) is 5.92 Å². The fraction of sp³-hybridized carbons (Fsp3) is 0.423. The fourth-order valence-corrected chi connectivity index (χ4v) is 3.18. The molecule has 2 aromatic carbocycles. The van der Waals surface area contributed by atoms with E-state index in [0.29, 0.717) is 24.8 Å². The summed E-state index contributed by atoms with van der Waals surface area (Å²) in [6.45, 7) is 8.81. The minimum Gasteiger partial charge on any atom is -0.497 e. The van der Waals surface area contributed by atoms with Gasteiger partial charge in [-0.1, -0.05) is 38.1 Å². The zero-order valence-corrected chi connectivity index (χ0v) is 20.0. The van der Waals surface area contributed by atoms with Crippen molar-refractivity contribution in [2.75, 3.05) is 13.7 Å². The van der Waals surface area contributed by atoms with E-state index >= 15 is 0 Å². The number of ether oxygens (including phenoxy) is 3. The van der Waals surface area contributed by atoms with Gasteiger partial charge in [0.2, 0.25) is 0 Å². The Balaban J connectivity index is 1.92. The van der Waals surface area contributed by atoms with E-state index < -0.39 is 11.9 Å². The quantitative estimate of drug-likeness (QED) is 0.422. The average molecular weight is 455 g/mol. The smallest absolute Gasteiger partial charge is 0.180 e. The van der Waals surface area contributed by atoms with E-state index in [0.717, 1.165) is 28.3 Å². The number of nitrogens with zero attached hydrogens (tertiary/aromatic N) is 2. The Morgan fingerprint density at radius 2 is 1.73 bits per heavy atom. The topological polar surface area (TPSA) is 86.0 Å². The first-order valence-corrected chi connectivity index (χ1v) is 11.1. The van der Waals surface area contributed by atoms with E-state index in [9.17, 15) is 10.2 Å². The van der Waals surface area contributed by atoms with Crippen LogP contribution in [0.4, 0.5) is 0 Å². The zero-order chi connectivity index (χ0) is 24.0. The Kier molecular flexibility index (Phi) is 8.13. The number of rotatable bonds is 11. The van der Waals surface area contributed by atoms with Gasteiger partial charge >= 0.3 is 0 Å². The van der Waals surface area contributed by atoms with E-state index in [4.69, 9.17) is 19.3 Å². The molecular weight excluding hydrogens is 420 g/mol. The molecule has 0 radical (unpaired) electrons. The maximum Gasteiger partial charge on any atom is 0.180 e. The molecular formula is C26H34N2O5. The average Bonchev–Trinajstić information content (AvgIpc) is 3.19. The third-order valence-corrected chi connectivity index (χ3v) is 5.22. The highest BCUT2D eigenvalue weighted by molar-refractivity contribution is 5.62. The molecule has 0 amide bonds. The summed E-state index contributed by atoms with van der Waals surface area (Å²) in [6, 6.07) is 17.8. The van der Waals surface area contributed by atoms with Gasteiger partial charge in [0.15, 0.2) is 6.29 Å². The number of hydrogen-bond acceptors (Lipinski definition) is 6. The number of aliphatic hydroxyl groups excluding tert-OH is 1. The van der Waals surface area contributed by atoms with E-state index in [1.807, 2.05) is 59.3 Å². The Morgan fingerprint density at radius 1 is 1.00 bits per heavy atom. The predicted molar refractivity (Wildman–Crippen MR) is 127 cm³/mol. The van der Waals surface area contributed by atoms with Crippen molar-refractivity contribution in [2.45, 2.75) is 52.7 Å². The second kappa shape index (κ2) is 10.8. The number of benzene rings is 2. The normalized spacial score (nSPS) is 11.9. The van der Waals surface area contributed by atoms with E-state index in [1.165, 1.54) is 0 Å². The van der Waals surface area contributed by atoms with Crippen molar-refractivity contribution in [3.05, 3.63) is 65.9 Å². The lowest BCUT2D eigenvalue weighted by Crippen LogP contribution is -2.38. The van der Waals surface area contributed by atoms with Gasteiger partial charge in [0.05, 0.1) is 38.3 Å². The number of aromatic nitrogens is 2. The molecule has 0 saturated heterocycles. The lowest BCUT2D eigenvalue weighted by Gasteiger charge is -2.26. The van der Waals surface area contributed by atoms with Crippen LogP contribution in [-0.2, 0) is 17.9 Å². The van der Waals surface area contributed by atoms with Gasteiger partial charge in [-0.3, -0.25) is 4.68 Å². The molecule has 0 fully saturated rings. The van der Waals surface area contributed by atoms with Crippen molar-refractivity contribution in [1.29, 1.82) is 0 Å². The molecule has 0 aliphatic carbocycles. The maximum atomic E-state index is 9.54. The fourth-order valence-electron chi connectivity index (χ4n) is 3.18. The molecule has 0 saturated carbocycles. The molecule has 1 aromatic heterocycles. The predicted octanol–water partition coefficient (Wildman–Crippen LogP) is 4.25. The SMILES string of the molecule is COc1cccc(Cn2nc(COC(C)(C)C(O)O)cc2-c2cccc(OCC(C)C)c2)c1. The summed E-state index contributed by atoms with van der Waals surface area (Å²) in [5, 5.41) is 23.8. The van der Waals surface area contributed by atoms with E-state index in [1.54, 1.807) is 21.0 Å². The largest absolute Gasteiger partial charge is 0.497 e. The van der Waals surface area contributed by atoms with Crippen LogP contribution in [0.1, 0.15) is 39.0 Å². The van der Waals surface area contributed by atoms with Gasteiger partial charge in [0.25, 0.3) is 0 Å². The van der Waals surface area contributed by atoms with E-state index in [-0.39, 0.29) is 6.61 Å². The summed E-state index contributed by atoms with van der Waals surface area (Å²) in [4.78, 5) is 0. The van der Waals surface area contributed by atoms with Crippen LogP contribution in [0.2, 0.25) is 0 Å². The van der Waals surface area contributed by atoms with Crippen molar-refractivity contribution < 1.29 is 24.4 Å². The summed E-state index contributed by atoms with van der Waals surface area (Å²) >= 11 is 0. The summed E-state index contributed by atoms with van der Waals surface area (Å²) in [5.41, 5.74) is 2.51. The number of aliphatic hydroxyl groups is 2. The Labute approximate surface area is 195 Å². The second-order valence-corrected chi connectivity index (χ2v) is 9.03. The minimum atomic E-state index is -1.59. The maximum absolute atomic E-state index is 9.54. The zero-order valence-electron chi connectivity index (χ0n) is 20.0. The minimum absolute atomic E-state index is 0.145. The number of hydrogen-bond donors (Lipinski definition) is 2. The molecule has 178 valence electrons. The van der Waals surface area contributed by atoms with Gasteiger partial charge in [0, 0.05) is 5.56 Å². The van der Waals surface area contributed by atoms with Gasteiger partial charge in [0.1, 0.15) is 17.1 Å². The molecule has 0 spiro atoms. The summed E-state index contributed by atoms with van der Waals surface area (Å²) in [7, 11) is 1.65. The summed E-state index contributed by atoms with van der Waals surface area (Å²) in [6.07, 6.45) is -1.59. The highest BCUT2D eigenvalue weighted by atomic mass is 16.6. The van der Waals surface area contributed by atoms with Crippen molar-refractivity contribution in [2.24, 2.45) is 5.92 Å². The van der Waals surface area contributed by atoms with E-state index in [2.05, 4.69) is 13.8 Å². The van der Waals surface area contributed by atoms with Gasteiger partial charge < -0.3 is 24.4 Å². The van der Waals surface area contributed by atoms with Crippen LogP contribution >= 0.6 is 0 Å². The van der Waals surface area contributed by atoms with Crippen LogP contribution in [-0.4, -0.2) is 45.6 Å². The van der Waals surface area contributed by atoms with Crippen molar-refractivity contribution >= 4 is 0 Å². The van der Waals surface area contributed by atoms with Crippen LogP contribution < -0.4 is 9.47 Å². The molecule has 3 aromatic rings. The standard InChI is InChI=1S/C26H34N2O5/c1-18(2)16-32-23-11-7-9-20(13-23)24-14-21(17-33-26(3,4)25(29)30)27-28(24)15-19-8-6-10-22(12-19)31-5/h6-14,18,25,29-30H,15-17H2,1-5H3. The molecule has 3 rings (SSSR count). The third-order valence-electron chi connectivity index (χ3n) is 5.22. The van der Waals surface area contributed by atoms with Crippen LogP contribution in [0.15, 0.2) is 54.6 Å². The number of methoxy groups -OCH3 is 1. The molecule has 7 heteroatoms. The first-order chi connectivity index (χ1) is 15.7. The summed E-state index contributed by atoms with van der Waals surface area (Å²) in [5.74, 6) is 2.02. The Morgan fingerprint density at radius 3 is 2.42 bits per heavy atom. The van der Waals surface area contributed by atoms with Gasteiger partial charge in [-0.25, -0.2) is 0 Å². The molecule has 0 aliphatic heterocycles.